The molecule has 0 aromatic carbocycles. The molecule has 1 aliphatic rings. The molecule has 5 heteroatoms. The molecule has 0 aromatic rings. The molecule has 0 bridgehead atoms. The molecule has 5 nitrogen and oxygen atoms in total. The van der Waals surface area contributed by atoms with Gasteiger partial charge in [-0.2, -0.15) is 0 Å². The van der Waals surface area contributed by atoms with Crippen molar-refractivity contribution in [3.8, 4) is 0 Å². The van der Waals surface area contributed by atoms with Crippen LogP contribution in [0.15, 0.2) is 0 Å². The third-order valence-corrected chi connectivity index (χ3v) is 2.55. The molecular formula is C12H21NO4. The number of morpholine rings is 1. The van der Waals surface area contributed by atoms with Gasteiger partial charge in [0, 0.05) is 12.5 Å². The fraction of sp³-hybridized carbons (Fsp3) is 0.833. The molecule has 2 unspecified atom stereocenters. The van der Waals surface area contributed by atoms with Gasteiger partial charge in [0.1, 0.15) is 11.9 Å². The van der Waals surface area contributed by atoms with Gasteiger partial charge in [-0.25, -0.2) is 4.79 Å². The third kappa shape index (κ3) is 4.34. The molecule has 17 heavy (non-hydrogen) atoms. The lowest BCUT2D eigenvalue weighted by Gasteiger charge is -2.35. The minimum Gasteiger partial charge on any atom is -0.444 e. The largest absolute Gasteiger partial charge is 0.444 e. The van der Waals surface area contributed by atoms with Crippen LogP contribution in [-0.2, 0) is 14.3 Å². The molecule has 0 radical (unpaired) electrons. The van der Waals surface area contributed by atoms with Crippen LogP contribution < -0.4 is 0 Å². The lowest BCUT2D eigenvalue weighted by Crippen LogP contribution is -2.49. The highest BCUT2D eigenvalue weighted by atomic mass is 16.6. The van der Waals surface area contributed by atoms with E-state index in [0.29, 0.717) is 19.7 Å². The van der Waals surface area contributed by atoms with Crippen molar-refractivity contribution in [3.05, 3.63) is 0 Å². The Labute approximate surface area is 102 Å². The molecule has 1 saturated heterocycles. The standard InChI is InChI=1S/C12H21NO4/c1-9(8-14)10-7-13(5-6-16-10)11(15)17-12(2,3)4/h8-10H,5-7H2,1-4H3. The van der Waals surface area contributed by atoms with Gasteiger partial charge >= 0.3 is 6.09 Å². The highest BCUT2D eigenvalue weighted by Gasteiger charge is 2.30. The maximum Gasteiger partial charge on any atom is 0.410 e. The second-order valence-corrected chi connectivity index (χ2v) is 5.33. The molecular weight excluding hydrogens is 222 g/mol. The summed E-state index contributed by atoms with van der Waals surface area (Å²) in [6.45, 7) is 8.65. The number of aldehydes is 1. The molecule has 0 saturated carbocycles. The van der Waals surface area contributed by atoms with E-state index in [2.05, 4.69) is 0 Å². The summed E-state index contributed by atoms with van der Waals surface area (Å²) in [6.07, 6.45) is 0.279. The van der Waals surface area contributed by atoms with Gasteiger partial charge in [-0.3, -0.25) is 0 Å². The number of hydrogen-bond acceptors (Lipinski definition) is 4. The SMILES string of the molecule is CC(C=O)C1CN(C(=O)OC(C)(C)C)CCO1. The van der Waals surface area contributed by atoms with Crippen LogP contribution in [0.2, 0.25) is 0 Å². The Morgan fingerprint density at radius 3 is 2.71 bits per heavy atom. The van der Waals surface area contributed by atoms with Crippen molar-refractivity contribution in [1.82, 2.24) is 4.90 Å². The molecule has 0 N–H and O–H groups in total. The second kappa shape index (κ2) is 5.49. The number of nitrogens with zero attached hydrogens (tertiary/aromatic N) is 1. The van der Waals surface area contributed by atoms with Gasteiger partial charge in [0.05, 0.1) is 19.3 Å². The summed E-state index contributed by atoms with van der Waals surface area (Å²) in [4.78, 5) is 24.1. The average Bonchev–Trinajstić information content (AvgIpc) is 2.26. The van der Waals surface area contributed by atoms with Crippen molar-refractivity contribution in [3.63, 3.8) is 0 Å². The zero-order valence-electron chi connectivity index (χ0n) is 10.9. The van der Waals surface area contributed by atoms with Crippen LogP contribution in [0.5, 0.6) is 0 Å². The summed E-state index contributed by atoms with van der Waals surface area (Å²) in [5.74, 6) is -0.208. The van der Waals surface area contributed by atoms with Crippen LogP contribution in [0.4, 0.5) is 4.79 Å². The van der Waals surface area contributed by atoms with Crippen molar-refractivity contribution in [1.29, 1.82) is 0 Å². The van der Waals surface area contributed by atoms with Crippen molar-refractivity contribution in [2.45, 2.75) is 39.4 Å². The van der Waals surface area contributed by atoms with Crippen LogP contribution in [-0.4, -0.2) is 48.7 Å². The van der Waals surface area contributed by atoms with E-state index in [4.69, 9.17) is 9.47 Å². The fourth-order valence-electron chi connectivity index (χ4n) is 1.57. The highest BCUT2D eigenvalue weighted by Crippen LogP contribution is 2.16. The van der Waals surface area contributed by atoms with Crippen molar-refractivity contribution < 1.29 is 19.1 Å². The summed E-state index contributed by atoms with van der Waals surface area (Å²) in [5, 5.41) is 0. The molecule has 1 rings (SSSR count). The van der Waals surface area contributed by atoms with Crippen LogP contribution in [0.1, 0.15) is 27.7 Å². The van der Waals surface area contributed by atoms with E-state index in [1.54, 1.807) is 11.8 Å². The summed E-state index contributed by atoms with van der Waals surface area (Å²) in [5.41, 5.74) is -0.499. The Bertz CT molecular complexity index is 285. The lowest BCUT2D eigenvalue weighted by molar-refractivity contribution is -0.119. The minimum atomic E-state index is -0.499. The zero-order chi connectivity index (χ0) is 13.1. The lowest BCUT2D eigenvalue weighted by atomic mass is 10.1. The van der Waals surface area contributed by atoms with E-state index in [1.807, 2.05) is 20.8 Å². The van der Waals surface area contributed by atoms with E-state index in [1.165, 1.54) is 0 Å². The number of ether oxygens (including phenoxy) is 2. The van der Waals surface area contributed by atoms with Crippen LogP contribution in [0.25, 0.3) is 0 Å². The summed E-state index contributed by atoms with van der Waals surface area (Å²) in [7, 11) is 0. The first-order valence-electron chi connectivity index (χ1n) is 5.88. The highest BCUT2D eigenvalue weighted by molar-refractivity contribution is 5.68. The molecule has 0 aliphatic carbocycles. The predicted octanol–water partition coefficient (Wildman–Crippen LogP) is 1.46. The van der Waals surface area contributed by atoms with Gasteiger partial charge < -0.3 is 19.2 Å². The Kier molecular flexibility index (Phi) is 4.51. The van der Waals surface area contributed by atoms with Crippen molar-refractivity contribution >= 4 is 12.4 Å². The van der Waals surface area contributed by atoms with E-state index in [-0.39, 0.29) is 18.1 Å². The number of hydrogen-bond donors (Lipinski definition) is 0. The van der Waals surface area contributed by atoms with E-state index < -0.39 is 5.60 Å². The first-order valence-corrected chi connectivity index (χ1v) is 5.88. The van der Waals surface area contributed by atoms with Gasteiger partial charge in [-0.15, -0.1) is 0 Å². The molecule has 1 heterocycles. The number of amides is 1. The van der Waals surface area contributed by atoms with Crippen molar-refractivity contribution in [2.24, 2.45) is 5.92 Å². The molecule has 0 spiro atoms. The smallest absolute Gasteiger partial charge is 0.410 e. The maximum absolute atomic E-state index is 11.8. The van der Waals surface area contributed by atoms with Crippen molar-refractivity contribution in [2.75, 3.05) is 19.7 Å². The van der Waals surface area contributed by atoms with Crippen LogP contribution >= 0.6 is 0 Å². The fourth-order valence-corrected chi connectivity index (χ4v) is 1.57. The minimum absolute atomic E-state index is 0.208. The average molecular weight is 243 g/mol. The van der Waals surface area contributed by atoms with Gasteiger partial charge in [0.15, 0.2) is 0 Å². The molecule has 1 aliphatic heterocycles. The van der Waals surface area contributed by atoms with Crippen LogP contribution in [0.3, 0.4) is 0 Å². The molecule has 2 atom stereocenters. The summed E-state index contributed by atoms with van der Waals surface area (Å²) in [6, 6.07) is 0. The Morgan fingerprint density at radius 2 is 2.18 bits per heavy atom. The monoisotopic (exact) mass is 243 g/mol. The first kappa shape index (κ1) is 14.0. The normalized spacial score (nSPS) is 23.1. The third-order valence-electron chi connectivity index (χ3n) is 2.55. The van der Waals surface area contributed by atoms with Gasteiger partial charge in [-0.1, -0.05) is 6.92 Å². The Balaban J connectivity index is 2.54. The Morgan fingerprint density at radius 1 is 1.53 bits per heavy atom. The number of carbonyl (C=O) groups is 2. The predicted molar refractivity (Wildman–Crippen MR) is 62.8 cm³/mol. The van der Waals surface area contributed by atoms with Gasteiger partial charge in [0.2, 0.25) is 0 Å². The van der Waals surface area contributed by atoms with E-state index in [9.17, 15) is 9.59 Å². The molecule has 0 aromatic heterocycles. The van der Waals surface area contributed by atoms with Gasteiger partial charge in [-0.05, 0) is 20.8 Å². The molecule has 1 fully saturated rings. The van der Waals surface area contributed by atoms with E-state index >= 15 is 0 Å². The summed E-state index contributed by atoms with van der Waals surface area (Å²) >= 11 is 0. The molecule has 98 valence electrons. The second-order valence-electron chi connectivity index (χ2n) is 5.33. The topological polar surface area (TPSA) is 55.8 Å². The Hall–Kier alpha value is -1.10. The van der Waals surface area contributed by atoms with Gasteiger partial charge in [0.25, 0.3) is 0 Å². The molecule has 1 amide bonds. The number of carbonyl (C=O) groups excluding carboxylic acids is 2. The van der Waals surface area contributed by atoms with Crippen LogP contribution in [0, 0.1) is 5.92 Å². The summed E-state index contributed by atoms with van der Waals surface area (Å²) < 4.78 is 10.7. The number of rotatable bonds is 2. The quantitative estimate of drug-likeness (QED) is 0.689. The first-order chi connectivity index (χ1) is 7.83. The zero-order valence-corrected chi connectivity index (χ0v) is 10.9. The van der Waals surface area contributed by atoms with E-state index in [0.717, 1.165) is 6.29 Å². The maximum atomic E-state index is 11.8.